The van der Waals surface area contributed by atoms with Crippen molar-refractivity contribution in [2.45, 2.75) is 10.7 Å². The fourth-order valence-corrected chi connectivity index (χ4v) is 2.03. The zero-order valence-electron chi connectivity index (χ0n) is 8.81. The summed E-state index contributed by atoms with van der Waals surface area (Å²) in [4.78, 5) is 0.513. The van der Waals surface area contributed by atoms with Gasteiger partial charge in [-0.25, -0.2) is 0 Å². The summed E-state index contributed by atoms with van der Waals surface area (Å²) in [5.74, 6) is -2.23. The summed E-state index contributed by atoms with van der Waals surface area (Å²) in [5.41, 5.74) is 1.50. The van der Waals surface area contributed by atoms with Crippen LogP contribution in [0.5, 0.6) is 5.75 Å². The molecule has 0 bridgehead atoms. The lowest BCUT2D eigenvalue weighted by Gasteiger charge is -2.05. The molecule has 0 fully saturated rings. The van der Waals surface area contributed by atoms with Gasteiger partial charge >= 0.3 is 0 Å². The van der Waals surface area contributed by atoms with E-state index in [4.69, 9.17) is 0 Å². The molecule has 2 aromatic carbocycles. The number of aromatic hydroxyl groups is 1. The zero-order chi connectivity index (χ0) is 12.3. The predicted molar refractivity (Wildman–Crippen MR) is 65.4 cm³/mol. The molecular formula is C13H10F2OS. The number of phenols is 1. The predicted octanol–water partition coefficient (Wildman–Crippen LogP) is 4.37. The fourth-order valence-electron chi connectivity index (χ4n) is 1.53. The molecule has 88 valence electrons. The Labute approximate surface area is 102 Å². The minimum Gasteiger partial charge on any atom is -0.507 e. The number of hydrogen-bond donors (Lipinski definition) is 1. The van der Waals surface area contributed by atoms with Crippen molar-refractivity contribution < 1.29 is 13.9 Å². The first-order valence-corrected chi connectivity index (χ1v) is 5.88. The van der Waals surface area contributed by atoms with Crippen molar-refractivity contribution >= 4 is 11.8 Å². The van der Waals surface area contributed by atoms with Gasteiger partial charge in [0, 0.05) is 10.5 Å². The molecule has 2 rings (SSSR count). The normalized spacial score (nSPS) is 10.8. The Balaban J connectivity index is 2.27. The summed E-state index contributed by atoms with van der Waals surface area (Å²) >= 11 is 0.511. The van der Waals surface area contributed by atoms with Crippen molar-refractivity contribution in [1.82, 2.24) is 0 Å². The second-order valence-electron chi connectivity index (χ2n) is 3.42. The molecule has 0 saturated carbocycles. The van der Waals surface area contributed by atoms with Gasteiger partial charge < -0.3 is 5.11 Å². The van der Waals surface area contributed by atoms with Crippen LogP contribution in [0, 0.1) is 0 Å². The Bertz CT molecular complexity index is 497. The van der Waals surface area contributed by atoms with Crippen LogP contribution in [-0.4, -0.2) is 10.9 Å². The van der Waals surface area contributed by atoms with Crippen molar-refractivity contribution in [1.29, 1.82) is 0 Å². The average Bonchev–Trinajstić information content (AvgIpc) is 2.30. The van der Waals surface area contributed by atoms with Crippen LogP contribution in [0.1, 0.15) is 0 Å². The van der Waals surface area contributed by atoms with Gasteiger partial charge in [-0.15, -0.1) is 0 Å². The summed E-state index contributed by atoms with van der Waals surface area (Å²) in [5, 5.41) is 9.65. The van der Waals surface area contributed by atoms with Crippen LogP contribution in [0.3, 0.4) is 0 Å². The van der Waals surface area contributed by atoms with E-state index in [-0.39, 0.29) is 5.75 Å². The number of alkyl halides is 2. The molecule has 0 saturated heterocycles. The van der Waals surface area contributed by atoms with E-state index in [0.29, 0.717) is 22.2 Å². The fraction of sp³-hybridized carbons (Fsp3) is 0.0769. The Morgan fingerprint density at radius 2 is 1.59 bits per heavy atom. The van der Waals surface area contributed by atoms with Crippen LogP contribution >= 0.6 is 11.8 Å². The molecule has 0 spiro atoms. The second-order valence-corrected chi connectivity index (χ2v) is 4.48. The highest BCUT2D eigenvalue weighted by Gasteiger charge is 2.06. The van der Waals surface area contributed by atoms with Crippen LogP contribution in [0.25, 0.3) is 11.1 Å². The summed E-state index contributed by atoms with van der Waals surface area (Å²) < 4.78 is 24.3. The molecule has 2 aromatic rings. The molecule has 1 nitrogen and oxygen atoms in total. The Hall–Kier alpha value is -1.55. The van der Waals surface area contributed by atoms with Gasteiger partial charge in [-0.05, 0) is 23.8 Å². The van der Waals surface area contributed by atoms with Crippen molar-refractivity contribution in [2.24, 2.45) is 0 Å². The van der Waals surface area contributed by atoms with Gasteiger partial charge in [-0.2, -0.15) is 8.78 Å². The molecule has 0 amide bonds. The van der Waals surface area contributed by atoms with E-state index in [1.807, 2.05) is 6.07 Å². The second kappa shape index (κ2) is 5.19. The lowest BCUT2D eigenvalue weighted by molar-refractivity contribution is 0.252. The van der Waals surface area contributed by atoms with Gasteiger partial charge in [-0.1, -0.05) is 42.1 Å². The Morgan fingerprint density at radius 3 is 2.18 bits per heavy atom. The monoisotopic (exact) mass is 252 g/mol. The topological polar surface area (TPSA) is 20.2 Å². The first kappa shape index (κ1) is 11.9. The zero-order valence-corrected chi connectivity index (χ0v) is 9.62. The van der Waals surface area contributed by atoms with Gasteiger partial charge in [0.25, 0.3) is 5.76 Å². The highest BCUT2D eigenvalue weighted by atomic mass is 32.2. The van der Waals surface area contributed by atoms with Gasteiger partial charge in [0.05, 0.1) is 0 Å². The van der Waals surface area contributed by atoms with E-state index in [0.717, 1.165) is 5.56 Å². The molecule has 0 aromatic heterocycles. The van der Waals surface area contributed by atoms with Crippen LogP contribution in [0.2, 0.25) is 0 Å². The van der Waals surface area contributed by atoms with Crippen LogP contribution in [0.15, 0.2) is 53.4 Å². The van der Waals surface area contributed by atoms with E-state index in [9.17, 15) is 13.9 Å². The summed E-state index contributed by atoms with van der Waals surface area (Å²) in [7, 11) is 0. The highest BCUT2D eigenvalue weighted by molar-refractivity contribution is 7.99. The van der Waals surface area contributed by atoms with E-state index in [1.165, 1.54) is 0 Å². The van der Waals surface area contributed by atoms with E-state index in [2.05, 4.69) is 0 Å². The van der Waals surface area contributed by atoms with Crippen molar-refractivity contribution in [3.63, 3.8) is 0 Å². The third kappa shape index (κ3) is 2.97. The average molecular weight is 252 g/mol. The van der Waals surface area contributed by atoms with Crippen molar-refractivity contribution in [3.8, 4) is 16.9 Å². The van der Waals surface area contributed by atoms with E-state index in [1.54, 1.807) is 42.5 Å². The highest BCUT2D eigenvalue weighted by Crippen LogP contribution is 2.31. The van der Waals surface area contributed by atoms with Gasteiger partial charge in [0.2, 0.25) is 0 Å². The SMILES string of the molecule is Oc1ccccc1-c1ccc(SC(F)F)cc1. The molecule has 0 atom stereocenters. The maximum Gasteiger partial charge on any atom is 0.288 e. The number of hydrogen-bond acceptors (Lipinski definition) is 2. The molecule has 1 N–H and O–H groups in total. The summed E-state index contributed by atoms with van der Waals surface area (Å²) in [6.07, 6.45) is 0. The molecule has 0 unspecified atom stereocenters. The number of thioether (sulfide) groups is 1. The summed E-state index contributed by atoms with van der Waals surface area (Å²) in [6, 6.07) is 13.6. The maximum absolute atomic E-state index is 12.1. The number of benzene rings is 2. The standard InChI is InChI=1S/C13H10F2OS/c14-13(15)17-10-7-5-9(6-8-10)11-3-1-2-4-12(11)16/h1-8,13,16H. The molecule has 0 aliphatic carbocycles. The maximum atomic E-state index is 12.1. The lowest BCUT2D eigenvalue weighted by Crippen LogP contribution is -1.82. The number of rotatable bonds is 3. The van der Waals surface area contributed by atoms with E-state index >= 15 is 0 Å². The third-order valence-corrected chi connectivity index (χ3v) is 3.02. The molecular weight excluding hydrogens is 242 g/mol. The minimum atomic E-state index is -2.41. The first-order chi connectivity index (χ1) is 8.16. The molecule has 4 heteroatoms. The largest absolute Gasteiger partial charge is 0.507 e. The number of para-hydroxylation sites is 1. The molecule has 0 heterocycles. The number of phenolic OH excluding ortho intramolecular Hbond substituents is 1. The quantitative estimate of drug-likeness (QED) is 0.818. The molecule has 0 radical (unpaired) electrons. The van der Waals surface area contributed by atoms with Crippen molar-refractivity contribution in [3.05, 3.63) is 48.5 Å². The molecule has 0 aliphatic heterocycles. The first-order valence-electron chi connectivity index (χ1n) is 5.00. The third-order valence-electron chi connectivity index (χ3n) is 2.29. The molecule has 0 aliphatic rings. The lowest BCUT2D eigenvalue weighted by atomic mass is 10.1. The summed E-state index contributed by atoms with van der Waals surface area (Å²) in [6.45, 7) is 0. The van der Waals surface area contributed by atoms with Crippen molar-refractivity contribution in [2.75, 3.05) is 0 Å². The van der Waals surface area contributed by atoms with Crippen LogP contribution in [-0.2, 0) is 0 Å². The van der Waals surface area contributed by atoms with E-state index < -0.39 is 5.76 Å². The molecule has 17 heavy (non-hydrogen) atoms. The van der Waals surface area contributed by atoms with Crippen LogP contribution < -0.4 is 0 Å². The Morgan fingerprint density at radius 1 is 0.941 bits per heavy atom. The number of halogens is 2. The van der Waals surface area contributed by atoms with Crippen LogP contribution in [0.4, 0.5) is 8.78 Å². The van der Waals surface area contributed by atoms with Gasteiger partial charge in [0.1, 0.15) is 5.75 Å². The van der Waals surface area contributed by atoms with Gasteiger partial charge in [0.15, 0.2) is 0 Å². The smallest absolute Gasteiger partial charge is 0.288 e. The van der Waals surface area contributed by atoms with Gasteiger partial charge in [-0.3, -0.25) is 0 Å². The minimum absolute atomic E-state index is 0.182. The Kier molecular flexibility index (Phi) is 3.64.